The molecule has 2 heterocycles. The largest absolute Gasteiger partial charge is 0.496 e. The Bertz CT molecular complexity index is 1600. The topological polar surface area (TPSA) is 174 Å². The van der Waals surface area contributed by atoms with E-state index in [0.29, 0.717) is 36.5 Å². The van der Waals surface area contributed by atoms with E-state index in [2.05, 4.69) is 37.3 Å². The van der Waals surface area contributed by atoms with E-state index in [1.165, 1.54) is 10.8 Å². The molecular formula is C37H58N3O12PS. The number of benzene rings is 1. The number of esters is 1. The van der Waals surface area contributed by atoms with Crippen molar-refractivity contribution >= 4 is 32.4 Å². The van der Waals surface area contributed by atoms with Gasteiger partial charge >= 0.3 is 17.8 Å². The number of carbonyl (C=O) groups excluding carboxylic acids is 3. The highest BCUT2D eigenvalue weighted by Gasteiger charge is 2.44. The first-order valence-corrected chi connectivity index (χ1v) is 20.3. The zero-order valence-corrected chi connectivity index (χ0v) is 35.1. The lowest BCUT2D eigenvalue weighted by atomic mass is 9.87. The first-order chi connectivity index (χ1) is 25.7. The molecule has 2 aromatic rings. The smallest absolute Gasteiger partial charge is 0.373 e. The van der Waals surface area contributed by atoms with E-state index >= 15 is 0 Å². The molecule has 15 nitrogen and oxygen atoms in total. The predicted molar refractivity (Wildman–Crippen MR) is 205 cm³/mol. The standard InChI is InChI=1S/C36H58N3O10PS.CO2/c1-12-28-31(17-32(48-28)38-18-26(9)33(40)37-35(38)42)49-50(39(23(4)5)24(6)7)47-21-36(13-2,34(41)46-14-3)20-45-22-51-19-27-29(43-10)15-25(8)16-30(27)44-11;2-1-3/h15-16,18,23-24,28,31-32H,12-14,17,19-22H2,1-11H3,(H,37,40,42);/t28-,31?,32-,36?,50?;/m1./s1. The number of rotatable bonds is 21. The van der Waals surface area contributed by atoms with Crippen LogP contribution < -0.4 is 20.7 Å². The van der Waals surface area contributed by atoms with Crippen LogP contribution in [0, 0.1) is 19.3 Å². The Labute approximate surface area is 323 Å². The summed E-state index contributed by atoms with van der Waals surface area (Å²) in [7, 11) is 1.57. The fourth-order valence-electron chi connectivity index (χ4n) is 6.05. The highest BCUT2D eigenvalue weighted by atomic mass is 32.2. The number of thioether (sulfide) groups is 1. The number of aromatic amines is 1. The van der Waals surface area contributed by atoms with Gasteiger partial charge in [0.15, 0.2) is 0 Å². The molecule has 1 fully saturated rings. The maximum Gasteiger partial charge on any atom is 0.373 e. The summed E-state index contributed by atoms with van der Waals surface area (Å²) in [6, 6.07) is 4.06. The molecule has 304 valence electrons. The van der Waals surface area contributed by atoms with Crippen LogP contribution in [0.15, 0.2) is 27.9 Å². The average Bonchev–Trinajstić information content (AvgIpc) is 3.53. The van der Waals surface area contributed by atoms with Gasteiger partial charge in [-0.1, -0.05) is 13.8 Å². The van der Waals surface area contributed by atoms with Crippen molar-refractivity contribution in [2.75, 3.05) is 40.0 Å². The van der Waals surface area contributed by atoms with Gasteiger partial charge in [-0.05, 0) is 79.0 Å². The molecule has 1 aliphatic rings. The first-order valence-electron chi connectivity index (χ1n) is 18.1. The van der Waals surface area contributed by atoms with Gasteiger partial charge < -0.3 is 32.7 Å². The number of aromatic nitrogens is 2. The minimum Gasteiger partial charge on any atom is -0.496 e. The molecule has 0 bridgehead atoms. The van der Waals surface area contributed by atoms with Crippen LogP contribution in [0.3, 0.4) is 0 Å². The van der Waals surface area contributed by atoms with Crippen LogP contribution in [0.25, 0.3) is 0 Å². The minimum atomic E-state index is -1.71. The maximum atomic E-state index is 13.6. The number of nitrogens with zero attached hydrogens (tertiary/aromatic N) is 2. The Morgan fingerprint density at radius 3 is 2.20 bits per heavy atom. The highest BCUT2D eigenvalue weighted by molar-refractivity contribution is 7.98. The molecule has 0 amide bonds. The van der Waals surface area contributed by atoms with Crippen LogP contribution in [0.1, 0.15) is 90.6 Å². The van der Waals surface area contributed by atoms with E-state index in [4.69, 9.17) is 42.3 Å². The normalized spacial score (nSPS) is 18.5. The van der Waals surface area contributed by atoms with Crippen LogP contribution in [0.2, 0.25) is 0 Å². The van der Waals surface area contributed by atoms with Gasteiger partial charge in [-0.2, -0.15) is 9.59 Å². The average molecular weight is 800 g/mol. The Morgan fingerprint density at radius 1 is 1.07 bits per heavy atom. The number of hydrogen-bond acceptors (Lipinski definition) is 14. The summed E-state index contributed by atoms with van der Waals surface area (Å²) < 4.78 is 46.3. The third-order valence-electron chi connectivity index (χ3n) is 8.89. The zero-order valence-electron chi connectivity index (χ0n) is 33.4. The zero-order chi connectivity index (χ0) is 40.6. The summed E-state index contributed by atoms with van der Waals surface area (Å²) in [6.07, 6.45) is 1.86. The van der Waals surface area contributed by atoms with Gasteiger partial charge in [0.1, 0.15) is 23.1 Å². The summed E-state index contributed by atoms with van der Waals surface area (Å²) >= 11 is 1.55. The molecule has 0 radical (unpaired) electrons. The Morgan fingerprint density at radius 2 is 1.69 bits per heavy atom. The van der Waals surface area contributed by atoms with E-state index < -0.39 is 43.5 Å². The lowest BCUT2D eigenvalue weighted by molar-refractivity contribution is -0.191. The van der Waals surface area contributed by atoms with E-state index in [1.807, 2.05) is 32.9 Å². The first kappa shape index (κ1) is 47.1. The fourth-order valence-corrected chi connectivity index (χ4v) is 8.69. The maximum absolute atomic E-state index is 13.6. The summed E-state index contributed by atoms with van der Waals surface area (Å²) in [5.41, 5.74) is 0.344. The quantitative estimate of drug-likeness (QED) is 0.0684. The summed E-state index contributed by atoms with van der Waals surface area (Å²) in [4.78, 5) is 57.0. The van der Waals surface area contributed by atoms with E-state index in [-0.39, 0.29) is 44.2 Å². The minimum absolute atomic E-state index is 0.0145. The third kappa shape index (κ3) is 12.7. The Hall–Kier alpha value is -3.07. The second-order valence-corrected chi connectivity index (χ2v) is 15.7. The number of methoxy groups -OCH3 is 2. The molecule has 1 aliphatic heterocycles. The van der Waals surface area contributed by atoms with Gasteiger partial charge in [0, 0.05) is 41.6 Å². The van der Waals surface area contributed by atoms with Gasteiger partial charge in [0.05, 0.1) is 52.2 Å². The number of nitrogens with one attached hydrogen (secondary N) is 1. The molecule has 17 heteroatoms. The molecule has 1 saturated heterocycles. The molecule has 54 heavy (non-hydrogen) atoms. The van der Waals surface area contributed by atoms with E-state index in [0.717, 1.165) is 22.6 Å². The second-order valence-electron chi connectivity index (χ2n) is 13.4. The Kier molecular flexibility index (Phi) is 20.1. The van der Waals surface area contributed by atoms with Crippen LogP contribution in [-0.2, 0) is 43.4 Å². The molecule has 0 spiro atoms. The molecule has 1 aromatic heterocycles. The second kappa shape index (κ2) is 23.1. The molecule has 0 saturated carbocycles. The molecule has 3 unspecified atom stereocenters. The lowest BCUT2D eigenvalue weighted by Gasteiger charge is -2.39. The number of H-pyrrole nitrogens is 1. The monoisotopic (exact) mass is 799 g/mol. The van der Waals surface area contributed by atoms with Gasteiger partial charge in [0.2, 0.25) is 0 Å². The molecule has 1 aromatic carbocycles. The van der Waals surface area contributed by atoms with Gasteiger partial charge in [-0.15, -0.1) is 11.8 Å². The fraction of sp³-hybridized carbons (Fsp3) is 0.676. The van der Waals surface area contributed by atoms with Crippen LogP contribution in [0.4, 0.5) is 0 Å². The van der Waals surface area contributed by atoms with Crippen molar-refractivity contribution in [3.05, 3.63) is 55.9 Å². The highest BCUT2D eigenvalue weighted by Crippen LogP contribution is 2.51. The summed E-state index contributed by atoms with van der Waals surface area (Å²) in [6.45, 7) is 18.0. The summed E-state index contributed by atoms with van der Waals surface area (Å²) in [5.74, 6) is 2.02. The van der Waals surface area contributed by atoms with Crippen molar-refractivity contribution in [3.8, 4) is 11.5 Å². The van der Waals surface area contributed by atoms with Crippen molar-refractivity contribution in [3.63, 3.8) is 0 Å². The summed E-state index contributed by atoms with van der Waals surface area (Å²) in [5, 5.41) is 0. The van der Waals surface area contributed by atoms with E-state index in [9.17, 15) is 14.4 Å². The van der Waals surface area contributed by atoms with Crippen molar-refractivity contribution in [2.45, 2.75) is 118 Å². The molecule has 1 N–H and O–H groups in total. The van der Waals surface area contributed by atoms with Gasteiger partial charge in [-0.3, -0.25) is 19.1 Å². The van der Waals surface area contributed by atoms with Crippen molar-refractivity contribution in [1.29, 1.82) is 0 Å². The number of carbonyl (C=O) groups is 1. The predicted octanol–water partition coefficient (Wildman–Crippen LogP) is 5.90. The number of ether oxygens (including phenoxy) is 5. The van der Waals surface area contributed by atoms with Crippen molar-refractivity contribution < 1.29 is 47.1 Å². The van der Waals surface area contributed by atoms with Crippen LogP contribution in [0.5, 0.6) is 11.5 Å². The van der Waals surface area contributed by atoms with Gasteiger partial charge in [-0.25, -0.2) is 9.46 Å². The van der Waals surface area contributed by atoms with Crippen molar-refractivity contribution in [1.82, 2.24) is 14.2 Å². The van der Waals surface area contributed by atoms with Crippen LogP contribution >= 0.6 is 20.3 Å². The molecule has 3 rings (SSSR count). The number of hydrogen-bond donors (Lipinski definition) is 1. The third-order valence-corrected chi connectivity index (χ3v) is 11.8. The molecule has 5 atom stereocenters. The molecular weight excluding hydrogens is 741 g/mol. The molecule has 0 aliphatic carbocycles. The van der Waals surface area contributed by atoms with E-state index in [1.54, 1.807) is 39.8 Å². The van der Waals surface area contributed by atoms with Gasteiger partial charge in [0.25, 0.3) is 14.1 Å². The number of aryl methyl sites for hydroxylation is 2. The van der Waals surface area contributed by atoms with Crippen LogP contribution in [-0.4, -0.2) is 90.6 Å². The SMILES string of the molecule is CCOC(=O)C(CC)(COCSCc1c(OC)cc(C)cc1OC)COP(OC1C[C@H](n2cc(C)c(=O)[nH]c2=O)O[C@@H]1CC)N(C(C)C)C(C)C.O=C=O. The Balaban J connectivity index is 0.00000325. The lowest BCUT2D eigenvalue weighted by Crippen LogP contribution is -2.42. The van der Waals surface area contributed by atoms with Crippen molar-refractivity contribution in [2.24, 2.45) is 5.41 Å².